The van der Waals surface area contributed by atoms with Crippen LogP contribution in [-0.4, -0.2) is 19.6 Å². The predicted octanol–water partition coefficient (Wildman–Crippen LogP) is 3.31. The zero-order valence-electron chi connectivity index (χ0n) is 12.3. The van der Waals surface area contributed by atoms with Gasteiger partial charge < -0.3 is 15.4 Å². The molecule has 4 heteroatoms. The number of carbonyl (C=O) groups excluding carboxylic acids is 1. The number of benzene rings is 2. The number of ether oxygens (including phenoxy) is 1. The van der Waals surface area contributed by atoms with Crippen molar-refractivity contribution < 1.29 is 9.53 Å². The van der Waals surface area contributed by atoms with E-state index in [1.807, 2.05) is 36.4 Å². The highest BCUT2D eigenvalue weighted by molar-refractivity contribution is 5.93. The fraction of sp³-hybridized carbons (Fsp3) is 0.235. The van der Waals surface area contributed by atoms with Crippen LogP contribution in [0.15, 0.2) is 48.5 Å². The van der Waals surface area contributed by atoms with Gasteiger partial charge in [0.15, 0.2) is 0 Å². The molecule has 0 aliphatic carbocycles. The molecule has 0 saturated heterocycles. The largest absolute Gasteiger partial charge is 0.497 e. The maximum atomic E-state index is 11.9. The van der Waals surface area contributed by atoms with Crippen LogP contribution in [0.1, 0.15) is 12.5 Å². The molecule has 0 bridgehead atoms. The van der Waals surface area contributed by atoms with Crippen molar-refractivity contribution in [1.82, 2.24) is 0 Å². The van der Waals surface area contributed by atoms with Crippen LogP contribution in [0.4, 0.5) is 11.4 Å². The number of anilines is 2. The molecule has 0 atom stereocenters. The molecule has 0 unspecified atom stereocenters. The zero-order valence-corrected chi connectivity index (χ0v) is 12.3. The number of aryl methyl sites for hydroxylation is 1. The molecule has 2 aromatic carbocycles. The van der Waals surface area contributed by atoms with E-state index in [4.69, 9.17) is 4.74 Å². The van der Waals surface area contributed by atoms with Crippen LogP contribution in [-0.2, 0) is 11.2 Å². The summed E-state index contributed by atoms with van der Waals surface area (Å²) >= 11 is 0. The molecule has 0 heterocycles. The molecule has 2 aromatic rings. The fourth-order valence-corrected chi connectivity index (χ4v) is 1.96. The molecule has 2 rings (SSSR count). The van der Waals surface area contributed by atoms with Gasteiger partial charge in [0.1, 0.15) is 5.75 Å². The third kappa shape index (κ3) is 4.53. The minimum absolute atomic E-state index is 0.0814. The topological polar surface area (TPSA) is 50.4 Å². The number of carbonyl (C=O) groups is 1. The number of methoxy groups -OCH3 is 1. The second-order valence-corrected chi connectivity index (χ2v) is 4.68. The van der Waals surface area contributed by atoms with Crippen LogP contribution in [0.25, 0.3) is 0 Å². The summed E-state index contributed by atoms with van der Waals surface area (Å²) in [6.07, 6.45) is 0.980. The summed E-state index contributed by atoms with van der Waals surface area (Å²) in [5.41, 5.74) is 2.96. The number of rotatable bonds is 6. The summed E-state index contributed by atoms with van der Waals surface area (Å²) < 4.78 is 5.08. The first-order valence-electron chi connectivity index (χ1n) is 6.98. The van der Waals surface area contributed by atoms with Crippen molar-refractivity contribution in [3.8, 4) is 5.75 Å². The van der Waals surface area contributed by atoms with Gasteiger partial charge in [-0.1, -0.05) is 19.1 Å². The Labute approximate surface area is 125 Å². The lowest BCUT2D eigenvalue weighted by molar-refractivity contribution is -0.114. The van der Waals surface area contributed by atoms with E-state index in [9.17, 15) is 4.79 Å². The molecule has 0 radical (unpaired) electrons. The zero-order chi connectivity index (χ0) is 15.1. The van der Waals surface area contributed by atoms with Gasteiger partial charge in [0.2, 0.25) is 5.91 Å². The molecule has 0 aliphatic heterocycles. The molecular weight excluding hydrogens is 264 g/mol. The number of amides is 1. The lowest BCUT2D eigenvalue weighted by Gasteiger charge is -2.09. The highest BCUT2D eigenvalue weighted by Crippen LogP contribution is 2.15. The lowest BCUT2D eigenvalue weighted by atomic mass is 10.1. The van der Waals surface area contributed by atoms with Crippen LogP contribution in [0.2, 0.25) is 0 Å². The number of hydrogen-bond donors (Lipinski definition) is 2. The van der Waals surface area contributed by atoms with Gasteiger partial charge in [-0.3, -0.25) is 4.79 Å². The van der Waals surface area contributed by atoms with Crippen LogP contribution in [0, 0.1) is 0 Å². The standard InChI is InChI=1S/C17H20N2O2/c1-3-13-5-4-6-15(11-13)18-12-17(20)19-14-7-9-16(21-2)10-8-14/h4-11,18H,3,12H2,1-2H3,(H,19,20). The molecule has 0 spiro atoms. The van der Waals surface area contributed by atoms with Gasteiger partial charge in [-0.25, -0.2) is 0 Å². The molecule has 21 heavy (non-hydrogen) atoms. The second kappa shape index (κ2) is 7.33. The third-order valence-corrected chi connectivity index (χ3v) is 3.16. The smallest absolute Gasteiger partial charge is 0.243 e. The summed E-state index contributed by atoms with van der Waals surface area (Å²) in [4.78, 5) is 11.9. The molecular formula is C17H20N2O2. The molecule has 1 amide bonds. The molecule has 110 valence electrons. The lowest BCUT2D eigenvalue weighted by Crippen LogP contribution is -2.21. The Bertz CT molecular complexity index is 594. The van der Waals surface area contributed by atoms with Crippen molar-refractivity contribution >= 4 is 17.3 Å². The van der Waals surface area contributed by atoms with E-state index in [0.717, 1.165) is 23.5 Å². The van der Waals surface area contributed by atoms with Gasteiger partial charge in [0.05, 0.1) is 13.7 Å². The van der Waals surface area contributed by atoms with Crippen molar-refractivity contribution in [2.24, 2.45) is 0 Å². The van der Waals surface area contributed by atoms with Crippen LogP contribution < -0.4 is 15.4 Å². The summed E-state index contributed by atoms with van der Waals surface area (Å²) in [6, 6.07) is 15.3. The van der Waals surface area contributed by atoms with Crippen molar-refractivity contribution in [2.45, 2.75) is 13.3 Å². The Morgan fingerprint density at radius 2 is 1.86 bits per heavy atom. The first-order valence-corrected chi connectivity index (χ1v) is 6.98. The van der Waals surface area contributed by atoms with Crippen molar-refractivity contribution in [3.63, 3.8) is 0 Å². The van der Waals surface area contributed by atoms with Gasteiger partial charge in [0.25, 0.3) is 0 Å². The Morgan fingerprint density at radius 3 is 2.52 bits per heavy atom. The molecule has 4 nitrogen and oxygen atoms in total. The summed E-state index contributed by atoms with van der Waals surface area (Å²) in [5.74, 6) is 0.685. The van der Waals surface area contributed by atoms with Gasteiger partial charge >= 0.3 is 0 Å². The second-order valence-electron chi connectivity index (χ2n) is 4.68. The van der Waals surface area contributed by atoms with Crippen LogP contribution in [0.5, 0.6) is 5.75 Å². The summed E-state index contributed by atoms with van der Waals surface area (Å²) in [6.45, 7) is 2.34. The molecule has 0 saturated carbocycles. The first-order chi connectivity index (χ1) is 10.2. The highest BCUT2D eigenvalue weighted by atomic mass is 16.5. The fourth-order valence-electron chi connectivity index (χ4n) is 1.96. The highest BCUT2D eigenvalue weighted by Gasteiger charge is 2.03. The van der Waals surface area contributed by atoms with Crippen LogP contribution in [0.3, 0.4) is 0 Å². The minimum Gasteiger partial charge on any atom is -0.497 e. The average Bonchev–Trinajstić information content (AvgIpc) is 2.54. The SMILES string of the molecule is CCc1cccc(NCC(=O)Nc2ccc(OC)cc2)c1. The Hall–Kier alpha value is -2.49. The van der Waals surface area contributed by atoms with E-state index in [1.54, 1.807) is 7.11 Å². The third-order valence-electron chi connectivity index (χ3n) is 3.16. The predicted molar refractivity (Wildman–Crippen MR) is 85.9 cm³/mol. The Morgan fingerprint density at radius 1 is 1.10 bits per heavy atom. The van der Waals surface area contributed by atoms with Gasteiger partial charge in [-0.15, -0.1) is 0 Å². The summed E-state index contributed by atoms with van der Waals surface area (Å²) in [7, 11) is 1.61. The first kappa shape index (κ1) is 14.9. The Balaban J connectivity index is 1.86. The average molecular weight is 284 g/mol. The quantitative estimate of drug-likeness (QED) is 0.855. The molecule has 0 aliphatic rings. The van der Waals surface area contributed by atoms with Crippen molar-refractivity contribution in [3.05, 3.63) is 54.1 Å². The van der Waals surface area contributed by atoms with E-state index in [1.165, 1.54) is 5.56 Å². The number of hydrogen-bond acceptors (Lipinski definition) is 3. The maximum Gasteiger partial charge on any atom is 0.243 e. The van der Waals surface area contributed by atoms with E-state index >= 15 is 0 Å². The van der Waals surface area contributed by atoms with E-state index in [2.05, 4.69) is 29.7 Å². The van der Waals surface area contributed by atoms with E-state index in [0.29, 0.717) is 0 Å². The van der Waals surface area contributed by atoms with Crippen LogP contribution >= 0.6 is 0 Å². The normalized spacial score (nSPS) is 10.0. The maximum absolute atomic E-state index is 11.9. The number of nitrogens with one attached hydrogen (secondary N) is 2. The van der Waals surface area contributed by atoms with Gasteiger partial charge in [-0.05, 0) is 48.4 Å². The van der Waals surface area contributed by atoms with E-state index < -0.39 is 0 Å². The van der Waals surface area contributed by atoms with Crippen molar-refractivity contribution in [2.75, 3.05) is 24.3 Å². The molecule has 2 N–H and O–H groups in total. The Kier molecular flexibility index (Phi) is 5.21. The van der Waals surface area contributed by atoms with Gasteiger partial charge in [0, 0.05) is 11.4 Å². The van der Waals surface area contributed by atoms with E-state index in [-0.39, 0.29) is 12.5 Å². The molecule has 0 aromatic heterocycles. The monoisotopic (exact) mass is 284 g/mol. The van der Waals surface area contributed by atoms with Crippen molar-refractivity contribution in [1.29, 1.82) is 0 Å². The molecule has 0 fully saturated rings. The van der Waals surface area contributed by atoms with Gasteiger partial charge in [-0.2, -0.15) is 0 Å². The summed E-state index contributed by atoms with van der Waals surface area (Å²) in [5, 5.41) is 5.96. The minimum atomic E-state index is -0.0814.